The molecule has 1 saturated heterocycles. The highest BCUT2D eigenvalue weighted by Gasteiger charge is 2.18. The highest BCUT2D eigenvalue weighted by molar-refractivity contribution is 7.92. The van der Waals surface area contributed by atoms with Gasteiger partial charge in [0.25, 0.3) is 10.0 Å². The van der Waals surface area contributed by atoms with Crippen LogP contribution in [0.3, 0.4) is 0 Å². The van der Waals surface area contributed by atoms with E-state index >= 15 is 0 Å². The first-order valence-electron chi connectivity index (χ1n) is 8.73. The van der Waals surface area contributed by atoms with Gasteiger partial charge in [-0.15, -0.1) is 0 Å². The van der Waals surface area contributed by atoms with Gasteiger partial charge in [-0.2, -0.15) is 0 Å². The van der Waals surface area contributed by atoms with E-state index in [-0.39, 0.29) is 10.7 Å². The van der Waals surface area contributed by atoms with E-state index in [0.717, 1.165) is 51.1 Å². The Morgan fingerprint density at radius 2 is 2.00 bits per heavy atom. The molecule has 2 heterocycles. The quantitative estimate of drug-likeness (QED) is 0.748. The van der Waals surface area contributed by atoms with E-state index in [1.54, 1.807) is 25.3 Å². The van der Waals surface area contributed by atoms with Crippen LogP contribution in [0.25, 0.3) is 0 Å². The molecule has 0 atom stereocenters. The lowest BCUT2D eigenvalue weighted by molar-refractivity contribution is 0.0398. The molecular formula is C18H23FN4O3S. The second-order valence-electron chi connectivity index (χ2n) is 6.33. The number of morpholine rings is 1. The number of nitrogens with zero attached hydrogens (tertiary/aromatic N) is 2. The normalized spacial score (nSPS) is 15.5. The van der Waals surface area contributed by atoms with E-state index in [4.69, 9.17) is 4.74 Å². The fourth-order valence-corrected chi connectivity index (χ4v) is 4.08. The molecule has 0 amide bonds. The topological polar surface area (TPSA) is 83.6 Å². The molecule has 0 spiro atoms. The summed E-state index contributed by atoms with van der Waals surface area (Å²) in [6, 6.07) is 6.91. The summed E-state index contributed by atoms with van der Waals surface area (Å²) in [5.41, 5.74) is 1.15. The van der Waals surface area contributed by atoms with E-state index in [9.17, 15) is 12.8 Å². The molecule has 1 aromatic carbocycles. The molecule has 27 heavy (non-hydrogen) atoms. The molecule has 2 aromatic rings. The van der Waals surface area contributed by atoms with E-state index in [1.165, 1.54) is 12.1 Å². The lowest BCUT2D eigenvalue weighted by Gasteiger charge is -2.26. The Labute approximate surface area is 158 Å². The number of rotatable bonds is 7. The molecule has 0 saturated carbocycles. The molecule has 9 heteroatoms. The summed E-state index contributed by atoms with van der Waals surface area (Å²) in [6.07, 6.45) is 1.58. The van der Waals surface area contributed by atoms with Crippen LogP contribution in [0.5, 0.6) is 0 Å². The third-order valence-electron chi connectivity index (χ3n) is 4.29. The summed E-state index contributed by atoms with van der Waals surface area (Å²) >= 11 is 0. The van der Waals surface area contributed by atoms with Crippen molar-refractivity contribution in [2.45, 2.75) is 11.8 Å². The highest BCUT2D eigenvalue weighted by Crippen LogP contribution is 2.20. The van der Waals surface area contributed by atoms with E-state index in [1.807, 2.05) is 0 Å². The Kier molecular flexibility index (Phi) is 6.25. The third kappa shape index (κ3) is 5.38. The van der Waals surface area contributed by atoms with Gasteiger partial charge in [0.15, 0.2) is 0 Å². The van der Waals surface area contributed by atoms with Crippen molar-refractivity contribution in [1.29, 1.82) is 0 Å². The number of halogens is 1. The number of ether oxygens (including phenoxy) is 1. The van der Waals surface area contributed by atoms with Gasteiger partial charge in [0, 0.05) is 26.2 Å². The second kappa shape index (κ2) is 8.64. The zero-order valence-electron chi connectivity index (χ0n) is 15.1. The first-order chi connectivity index (χ1) is 12.9. The fourth-order valence-electron chi connectivity index (χ4n) is 2.85. The van der Waals surface area contributed by atoms with Gasteiger partial charge < -0.3 is 10.1 Å². The lowest BCUT2D eigenvalue weighted by Crippen LogP contribution is -2.39. The molecule has 0 aliphatic carbocycles. The molecule has 0 radical (unpaired) electrons. The predicted molar refractivity (Wildman–Crippen MR) is 102 cm³/mol. The minimum absolute atomic E-state index is 0.0263. The van der Waals surface area contributed by atoms with Crippen LogP contribution in [0.15, 0.2) is 41.4 Å². The Bertz CT molecular complexity index is 869. The van der Waals surface area contributed by atoms with E-state index in [2.05, 4.69) is 19.9 Å². The summed E-state index contributed by atoms with van der Waals surface area (Å²) < 4.78 is 45.8. The molecule has 0 unspecified atom stereocenters. The van der Waals surface area contributed by atoms with Gasteiger partial charge >= 0.3 is 0 Å². The average Bonchev–Trinajstić information content (AvgIpc) is 2.63. The molecule has 2 N–H and O–H groups in total. The van der Waals surface area contributed by atoms with Crippen LogP contribution in [-0.4, -0.2) is 57.7 Å². The summed E-state index contributed by atoms with van der Waals surface area (Å²) in [6.45, 7) is 6.62. The van der Waals surface area contributed by atoms with Crippen molar-refractivity contribution < 1.29 is 17.5 Å². The fraction of sp³-hybridized carbons (Fsp3) is 0.389. The summed E-state index contributed by atoms with van der Waals surface area (Å²) in [7, 11) is -3.82. The minimum atomic E-state index is -3.82. The molecule has 1 aromatic heterocycles. The zero-order chi connectivity index (χ0) is 19.3. The van der Waals surface area contributed by atoms with Crippen LogP contribution in [0.1, 0.15) is 5.56 Å². The highest BCUT2D eigenvalue weighted by atomic mass is 32.2. The van der Waals surface area contributed by atoms with Crippen molar-refractivity contribution in [3.63, 3.8) is 0 Å². The number of hydrogen-bond acceptors (Lipinski definition) is 6. The minimum Gasteiger partial charge on any atom is -0.383 e. The van der Waals surface area contributed by atoms with Crippen LogP contribution in [0.4, 0.5) is 15.9 Å². The first-order valence-corrected chi connectivity index (χ1v) is 10.2. The Morgan fingerprint density at radius 3 is 2.67 bits per heavy atom. The number of aryl methyl sites for hydroxylation is 1. The van der Waals surface area contributed by atoms with Gasteiger partial charge in [-0.25, -0.2) is 17.8 Å². The molecule has 3 rings (SSSR count). The lowest BCUT2D eigenvalue weighted by atomic mass is 10.2. The largest absolute Gasteiger partial charge is 0.383 e. The zero-order valence-corrected chi connectivity index (χ0v) is 15.9. The molecule has 146 valence electrons. The van der Waals surface area contributed by atoms with Crippen molar-refractivity contribution in [3.05, 3.63) is 47.9 Å². The number of nitrogens with one attached hydrogen (secondary N) is 2. The number of benzene rings is 1. The third-order valence-corrected chi connectivity index (χ3v) is 5.80. The summed E-state index contributed by atoms with van der Waals surface area (Å²) in [4.78, 5) is 6.48. The van der Waals surface area contributed by atoms with Crippen molar-refractivity contribution in [2.75, 3.05) is 49.4 Å². The van der Waals surface area contributed by atoms with Crippen molar-refractivity contribution >= 4 is 21.5 Å². The average molecular weight is 394 g/mol. The van der Waals surface area contributed by atoms with E-state index < -0.39 is 15.8 Å². The maximum atomic E-state index is 13.2. The number of hydrogen-bond donors (Lipinski definition) is 2. The van der Waals surface area contributed by atoms with Crippen LogP contribution in [0, 0.1) is 12.7 Å². The second-order valence-corrected chi connectivity index (χ2v) is 7.98. The molecule has 1 aliphatic rings. The molecule has 1 fully saturated rings. The molecule has 1 aliphatic heterocycles. The smallest absolute Gasteiger partial charge is 0.263 e. The monoisotopic (exact) mass is 394 g/mol. The van der Waals surface area contributed by atoms with Crippen LogP contribution >= 0.6 is 0 Å². The van der Waals surface area contributed by atoms with Crippen molar-refractivity contribution in [1.82, 2.24) is 9.88 Å². The van der Waals surface area contributed by atoms with Crippen molar-refractivity contribution in [2.24, 2.45) is 0 Å². The van der Waals surface area contributed by atoms with E-state index in [0.29, 0.717) is 5.56 Å². The van der Waals surface area contributed by atoms with Gasteiger partial charge in [0.2, 0.25) is 0 Å². The van der Waals surface area contributed by atoms with Gasteiger partial charge in [-0.3, -0.25) is 9.62 Å². The number of sulfonamides is 1. The number of aromatic nitrogens is 1. The molecule has 7 nitrogen and oxygen atoms in total. The van der Waals surface area contributed by atoms with Crippen LogP contribution in [-0.2, 0) is 14.8 Å². The van der Waals surface area contributed by atoms with Gasteiger partial charge in [0.05, 0.1) is 30.0 Å². The summed E-state index contributed by atoms with van der Waals surface area (Å²) in [5.74, 6) is -0.269. The maximum Gasteiger partial charge on any atom is 0.263 e. The SMILES string of the molecule is Cc1cc(F)ccc1S(=O)(=O)Nc1ccc(NCCN2CCOCC2)cn1. The standard InChI is InChI=1S/C18H23FN4O3S/c1-14-12-15(19)2-4-17(14)27(24,25)22-18-5-3-16(13-21-18)20-6-7-23-8-10-26-11-9-23/h2-5,12-13,20H,6-11H2,1H3,(H,21,22). The van der Waals surface area contributed by atoms with Crippen LogP contribution < -0.4 is 10.0 Å². The Morgan fingerprint density at radius 1 is 1.22 bits per heavy atom. The van der Waals surface area contributed by atoms with Gasteiger partial charge in [-0.1, -0.05) is 0 Å². The molecular weight excluding hydrogens is 371 g/mol. The first kappa shape index (κ1) is 19.5. The van der Waals surface area contributed by atoms with Crippen molar-refractivity contribution in [3.8, 4) is 0 Å². The summed E-state index contributed by atoms with van der Waals surface area (Å²) in [5, 5.41) is 3.27. The Hall–Kier alpha value is -2.23. The van der Waals surface area contributed by atoms with Gasteiger partial charge in [0.1, 0.15) is 11.6 Å². The maximum absolute atomic E-state index is 13.2. The number of pyridine rings is 1. The predicted octanol–water partition coefficient (Wildman–Crippen LogP) is 2.07. The van der Waals surface area contributed by atoms with Gasteiger partial charge in [-0.05, 0) is 42.8 Å². The Balaban J connectivity index is 1.56. The number of anilines is 2. The molecule has 0 bridgehead atoms. The van der Waals surface area contributed by atoms with Crippen LogP contribution in [0.2, 0.25) is 0 Å².